The standard InChI is InChI=1S/C20H24ClN3O4S/c1-4-12-22-20(26)17-10-5-6-11-18(17)23-19(25)14(2)24(29(3,27)28)16-9-7-8-15(21)13-16/h5-11,13-14H,4,12H2,1-3H3,(H,22,26)(H,23,25). The van der Waals surface area contributed by atoms with E-state index in [9.17, 15) is 18.0 Å². The van der Waals surface area contributed by atoms with Gasteiger partial charge < -0.3 is 10.6 Å². The van der Waals surface area contributed by atoms with Gasteiger partial charge in [-0.15, -0.1) is 0 Å². The third kappa shape index (κ3) is 5.95. The van der Waals surface area contributed by atoms with E-state index in [1.807, 2.05) is 6.92 Å². The Kier molecular flexibility index (Phi) is 7.64. The highest BCUT2D eigenvalue weighted by Crippen LogP contribution is 2.25. The van der Waals surface area contributed by atoms with Gasteiger partial charge >= 0.3 is 0 Å². The summed E-state index contributed by atoms with van der Waals surface area (Å²) < 4.78 is 25.7. The fraction of sp³-hybridized carbons (Fsp3) is 0.300. The first-order valence-corrected chi connectivity index (χ1v) is 11.3. The highest BCUT2D eigenvalue weighted by atomic mass is 35.5. The van der Waals surface area contributed by atoms with Crippen molar-refractivity contribution in [2.45, 2.75) is 26.3 Å². The number of sulfonamides is 1. The molecule has 7 nitrogen and oxygen atoms in total. The molecule has 9 heteroatoms. The van der Waals surface area contributed by atoms with Gasteiger partial charge in [-0.05, 0) is 43.7 Å². The first-order chi connectivity index (χ1) is 13.6. The van der Waals surface area contributed by atoms with Gasteiger partial charge in [-0.25, -0.2) is 8.42 Å². The van der Waals surface area contributed by atoms with Crippen LogP contribution in [-0.2, 0) is 14.8 Å². The lowest BCUT2D eigenvalue weighted by Gasteiger charge is -2.28. The van der Waals surface area contributed by atoms with Crippen LogP contribution in [0.2, 0.25) is 5.02 Å². The predicted octanol–water partition coefficient (Wildman–Crippen LogP) is 3.27. The Labute approximate surface area is 176 Å². The molecule has 0 spiro atoms. The number of para-hydroxylation sites is 1. The van der Waals surface area contributed by atoms with E-state index in [4.69, 9.17) is 11.6 Å². The summed E-state index contributed by atoms with van der Waals surface area (Å²) in [4.78, 5) is 25.2. The summed E-state index contributed by atoms with van der Waals surface area (Å²) in [5.41, 5.74) is 0.879. The van der Waals surface area contributed by atoms with Gasteiger partial charge in [-0.1, -0.05) is 36.7 Å². The molecule has 0 saturated carbocycles. The molecule has 0 bridgehead atoms. The topological polar surface area (TPSA) is 95.6 Å². The van der Waals surface area contributed by atoms with E-state index in [0.717, 1.165) is 17.0 Å². The zero-order valence-corrected chi connectivity index (χ0v) is 18.0. The number of carbonyl (C=O) groups excluding carboxylic acids is 2. The molecule has 29 heavy (non-hydrogen) atoms. The van der Waals surface area contributed by atoms with E-state index in [1.165, 1.54) is 13.0 Å². The zero-order valence-electron chi connectivity index (χ0n) is 16.5. The van der Waals surface area contributed by atoms with Crippen LogP contribution in [0.5, 0.6) is 0 Å². The van der Waals surface area contributed by atoms with Crippen molar-refractivity contribution in [2.75, 3.05) is 22.4 Å². The maximum absolute atomic E-state index is 12.9. The van der Waals surface area contributed by atoms with Gasteiger partial charge in [0, 0.05) is 11.6 Å². The molecular formula is C20H24ClN3O4S. The normalized spacial score (nSPS) is 12.1. The number of benzene rings is 2. The number of nitrogens with one attached hydrogen (secondary N) is 2. The second kappa shape index (κ2) is 9.76. The minimum Gasteiger partial charge on any atom is -0.352 e. The van der Waals surface area contributed by atoms with Crippen molar-refractivity contribution in [3.63, 3.8) is 0 Å². The number of anilines is 2. The Morgan fingerprint density at radius 1 is 1.14 bits per heavy atom. The molecule has 2 rings (SSSR count). The molecule has 2 N–H and O–H groups in total. The summed E-state index contributed by atoms with van der Waals surface area (Å²) in [6, 6.07) is 11.7. The van der Waals surface area contributed by atoms with Gasteiger partial charge in [0.1, 0.15) is 6.04 Å². The van der Waals surface area contributed by atoms with Gasteiger partial charge in [0.2, 0.25) is 15.9 Å². The number of nitrogens with zero attached hydrogens (tertiary/aromatic N) is 1. The minimum absolute atomic E-state index is 0.275. The quantitative estimate of drug-likeness (QED) is 0.662. The molecule has 1 unspecified atom stereocenters. The second-order valence-electron chi connectivity index (χ2n) is 6.51. The van der Waals surface area contributed by atoms with E-state index in [0.29, 0.717) is 22.8 Å². The van der Waals surface area contributed by atoms with Crippen LogP contribution < -0.4 is 14.9 Å². The summed E-state index contributed by atoms with van der Waals surface area (Å²) in [7, 11) is -3.78. The Morgan fingerprint density at radius 3 is 2.45 bits per heavy atom. The lowest BCUT2D eigenvalue weighted by atomic mass is 10.1. The Balaban J connectivity index is 2.31. The number of carbonyl (C=O) groups is 2. The number of rotatable bonds is 8. The largest absolute Gasteiger partial charge is 0.352 e. The fourth-order valence-electron chi connectivity index (χ4n) is 2.78. The van der Waals surface area contributed by atoms with E-state index in [2.05, 4.69) is 10.6 Å². The highest BCUT2D eigenvalue weighted by Gasteiger charge is 2.30. The lowest BCUT2D eigenvalue weighted by Crippen LogP contribution is -2.45. The smallest absolute Gasteiger partial charge is 0.253 e. The third-order valence-corrected chi connectivity index (χ3v) is 5.59. The second-order valence-corrected chi connectivity index (χ2v) is 8.80. The van der Waals surface area contributed by atoms with Crippen LogP contribution in [0.3, 0.4) is 0 Å². The van der Waals surface area contributed by atoms with E-state index in [-0.39, 0.29) is 11.6 Å². The van der Waals surface area contributed by atoms with Gasteiger partial charge in [0.05, 0.1) is 23.2 Å². The van der Waals surface area contributed by atoms with Gasteiger partial charge in [0.25, 0.3) is 5.91 Å². The molecule has 2 aromatic carbocycles. The molecule has 156 valence electrons. The van der Waals surface area contributed by atoms with Crippen molar-refractivity contribution in [1.29, 1.82) is 0 Å². The maximum Gasteiger partial charge on any atom is 0.253 e. The average molecular weight is 438 g/mol. The van der Waals surface area contributed by atoms with Crippen LogP contribution in [0, 0.1) is 0 Å². The maximum atomic E-state index is 12.9. The number of amides is 2. The van der Waals surface area contributed by atoms with Crippen molar-refractivity contribution < 1.29 is 18.0 Å². The molecule has 2 amide bonds. The van der Waals surface area contributed by atoms with Crippen molar-refractivity contribution in [3.05, 3.63) is 59.1 Å². The Morgan fingerprint density at radius 2 is 1.83 bits per heavy atom. The van der Waals surface area contributed by atoms with Crippen LogP contribution in [0.15, 0.2) is 48.5 Å². The monoisotopic (exact) mass is 437 g/mol. The summed E-state index contributed by atoms with van der Waals surface area (Å²) >= 11 is 5.98. The Bertz CT molecular complexity index is 995. The van der Waals surface area contributed by atoms with Crippen LogP contribution in [-0.4, -0.2) is 39.1 Å². The van der Waals surface area contributed by atoms with Crippen molar-refractivity contribution in [3.8, 4) is 0 Å². The predicted molar refractivity (Wildman–Crippen MR) is 116 cm³/mol. The number of halogens is 1. The average Bonchev–Trinajstić information content (AvgIpc) is 2.65. The first-order valence-electron chi connectivity index (χ1n) is 9.08. The fourth-order valence-corrected chi connectivity index (χ4v) is 4.13. The summed E-state index contributed by atoms with van der Waals surface area (Å²) in [5.74, 6) is -0.892. The van der Waals surface area contributed by atoms with Gasteiger partial charge in [0.15, 0.2) is 0 Å². The van der Waals surface area contributed by atoms with Crippen molar-refractivity contribution >= 4 is 44.8 Å². The van der Waals surface area contributed by atoms with Crippen LogP contribution in [0.25, 0.3) is 0 Å². The van der Waals surface area contributed by atoms with Gasteiger partial charge in [-0.3, -0.25) is 13.9 Å². The zero-order chi connectivity index (χ0) is 21.6. The molecule has 0 radical (unpaired) electrons. The lowest BCUT2D eigenvalue weighted by molar-refractivity contribution is -0.116. The minimum atomic E-state index is -3.78. The first kappa shape index (κ1) is 22.7. The molecule has 0 aliphatic heterocycles. The Hall–Kier alpha value is -2.58. The van der Waals surface area contributed by atoms with Gasteiger partial charge in [-0.2, -0.15) is 0 Å². The molecule has 0 aliphatic rings. The molecule has 0 aliphatic carbocycles. The molecular weight excluding hydrogens is 414 g/mol. The van der Waals surface area contributed by atoms with Crippen molar-refractivity contribution in [1.82, 2.24) is 5.32 Å². The molecule has 0 aromatic heterocycles. The summed E-state index contributed by atoms with van der Waals surface area (Å²) in [6.07, 6.45) is 1.80. The van der Waals surface area contributed by atoms with Crippen LogP contribution in [0.4, 0.5) is 11.4 Å². The number of hydrogen-bond donors (Lipinski definition) is 2. The molecule has 2 aromatic rings. The van der Waals surface area contributed by atoms with Crippen molar-refractivity contribution in [2.24, 2.45) is 0 Å². The molecule has 0 fully saturated rings. The van der Waals surface area contributed by atoms with E-state index < -0.39 is 22.0 Å². The number of hydrogen-bond acceptors (Lipinski definition) is 4. The van der Waals surface area contributed by atoms with Crippen LogP contribution in [0.1, 0.15) is 30.6 Å². The van der Waals surface area contributed by atoms with E-state index in [1.54, 1.807) is 42.5 Å². The molecule has 1 atom stereocenters. The highest BCUT2D eigenvalue weighted by molar-refractivity contribution is 7.92. The SMILES string of the molecule is CCCNC(=O)c1ccccc1NC(=O)C(C)N(c1cccc(Cl)c1)S(C)(=O)=O. The van der Waals surface area contributed by atoms with Crippen LogP contribution >= 0.6 is 11.6 Å². The molecule has 0 heterocycles. The summed E-state index contributed by atoms with van der Waals surface area (Å²) in [5, 5.41) is 5.77. The van der Waals surface area contributed by atoms with E-state index >= 15 is 0 Å². The summed E-state index contributed by atoms with van der Waals surface area (Å²) in [6.45, 7) is 3.91. The molecule has 0 saturated heterocycles. The third-order valence-electron chi connectivity index (χ3n) is 4.12.